The van der Waals surface area contributed by atoms with Crippen molar-refractivity contribution in [3.63, 3.8) is 0 Å². The molecule has 1 atom stereocenters. The number of hydrogen-bond donors (Lipinski definition) is 1. The van der Waals surface area contributed by atoms with E-state index in [-0.39, 0.29) is 0 Å². The van der Waals surface area contributed by atoms with E-state index >= 15 is 0 Å². The van der Waals surface area contributed by atoms with E-state index in [2.05, 4.69) is 0 Å². The fourth-order valence-electron chi connectivity index (χ4n) is 3.08. The molecule has 2 nitrogen and oxygen atoms in total. The Hall–Kier alpha value is -0.0800. The van der Waals surface area contributed by atoms with Gasteiger partial charge >= 0.3 is 0 Å². The summed E-state index contributed by atoms with van der Waals surface area (Å²) in [7, 11) is 0. The highest BCUT2D eigenvalue weighted by Crippen LogP contribution is 2.30. The van der Waals surface area contributed by atoms with Crippen LogP contribution in [-0.4, -0.2) is 19.3 Å². The summed E-state index contributed by atoms with van der Waals surface area (Å²) in [5.74, 6) is 1.73. The molecular formula is C13H25NO. The average molecular weight is 211 g/mol. The van der Waals surface area contributed by atoms with Gasteiger partial charge in [-0.1, -0.05) is 12.8 Å². The van der Waals surface area contributed by atoms with Crippen molar-refractivity contribution in [2.24, 2.45) is 17.6 Å². The zero-order valence-corrected chi connectivity index (χ0v) is 9.79. The zero-order chi connectivity index (χ0) is 10.5. The summed E-state index contributed by atoms with van der Waals surface area (Å²) >= 11 is 0. The van der Waals surface area contributed by atoms with E-state index in [0.717, 1.165) is 25.0 Å². The number of hydrogen-bond acceptors (Lipinski definition) is 2. The van der Waals surface area contributed by atoms with Gasteiger partial charge in [-0.25, -0.2) is 0 Å². The molecule has 2 heteroatoms. The Bertz CT molecular complexity index is 171. The van der Waals surface area contributed by atoms with Gasteiger partial charge in [0.15, 0.2) is 0 Å². The molecule has 2 fully saturated rings. The first-order chi connectivity index (χ1) is 7.36. The lowest BCUT2D eigenvalue weighted by Crippen LogP contribution is -2.29. The van der Waals surface area contributed by atoms with Crippen LogP contribution in [0, 0.1) is 11.8 Å². The van der Waals surface area contributed by atoms with Crippen molar-refractivity contribution < 1.29 is 4.74 Å². The van der Waals surface area contributed by atoms with E-state index in [0.29, 0.717) is 6.04 Å². The van der Waals surface area contributed by atoms with Crippen LogP contribution >= 0.6 is 0 Å². The molecular weight excluding hydrogens is 186 g/mol. The third-order valence-electron chi connectivity index (χ3n) is 4.25. The fraction of sp³-hybridized carbons (Fsp3) is 1.00. The molecule has 1 aliphatic heterocycles. The Kier molecular flexibility index (Phi) is 4.45. The van der Waals surface area contributed by atoms with Crippen molar-refractivity contribution in [1.29, 1.82) is 0 Å². The van der Waals surface area contributed by atoms with Gasteiger partial charge in [-0.05, 0) is 50.4 Å². The van der Waals surface area contributed by atoms with Crippen LogP contribution in [0.2, 0.25) is 0 Å². The standard InChI is InChI=1S/C13H25NO/c14-13(12-3-1-2-4-12)6-5-11-7-9-15-10-8-11/h11-13H,1-10,14H2. The third kappa shape index (κ3) is 3.46. The van der Waals surface area contributed by atoms with Gasteiger partial charge in [-0.3, -0.25) is 0 Å². The van der Waals surface area contributed by atoms with Crippen LogP contribution in [0.25, 0.3) is 0 Å². The monoisotopic (exact) mass is 211 g/mol. The molecule has 1 saturated heterocycles. The largest absolute Gasteiger partial charge is 0.381 e. The molecule has 0 bridgehead atoms. The van der Waals surface area contributed by atoms with Crippen LogP contribution in [0.15, 0.2) is 0 Å². The second-order valence-corrected chi connectivity index (χ2v) is 5.34. The van der Waals surface area contributed by atoms with Crippen LogP contribution in [0.4, 0.5) is 0 Å². The smallest absolute Gasteiger partial charge is 0.0468 e. The first-order valence-electron chi connectivity index (χ1n) is 6.69. The Morgan fingerprint density at radius 3 is 2.40 bits per heavy atom. The van der Waals surface area contributed by atoms with Crippen molar-refractivity contribution in [2.45, 2.75) is 57.4 Å². The highest BCUT2D eigenvalue weighted by Gasteiger charge is 2.23. The SMILES string of the molecule is NC(CCC1CCOCC1)C1CCCC1. The first kappa shape index (κ1) is 11.4. The maximum Gasteiger partial charge on any atom is 0.0468 e. The highest BCUT2D eigenvalue weighted by atomic mass is 16.5. The molecule has 0 aromatic heterocycles. The van der Waals surface area contributed by atoms with Crippen molar-refractivity contribution in [2.75, 3.05) is 13.2 Å². The van der Waals surface area contributed by atoms with Gasteiger partial charge in [0.25, 0.3) is 0 Å². The molecule has 1 heterocycles. The Balaban J connectivity index is 1.63. The molecule has 2 rings (SSSR count). The predicted octanol–water partition coefficient (Wildman–Crippen LogP) is 2.71. The lowest BCUT2D eigenvalue weighted by Gasteiger charge is -2.25. The molecule has 1 saturated carbocycles. The lowest BCUT2D eigenvalue weighted by molar-refractivity contribution is 0.0622. The molecule has 15 heavy (non-hydrogen) atoms. The molecule has 0 spiro atoms. The summed E-state index contributed by atoms with van der Waals surface area (Å²) in [4.78, 5) is 0. The van der Waals surface area contributed by atoms with E-state index < -0.39 is 0 Å². The summed E-state index contributed by atoms with van der Waals surface area (Å²) < 4.78 is 5.38. The minimum absolute atomic E-state index is 0.482. The van der Waals surface area contributed by atoms with E-state index in [1.165, 1.54) is 51.4 Å². The first-order valence-corrected chi connectivity index (χ1v) is 6.69. The average Bonchev–Trinajstić information content (AvgIpc) is 2.81. The lowest BCUT2D eigenvalue weighted by atomic mass is 9.88. The summed E-state index contributed by atoms with van der Waals surface area (Å²) in [6, 6.07) is 0.482. The molecule has 0 aromatic rings. The highest BCUT2D eigenvalue weighted by molar-refractivity contribution is 4.79. The van der Waals surface area contributed by atoms with Crippen molar-refractivity contribution in [1.82, 2.24) is 0 Å². The summed E-state index contributed by atoms with van der Waals surface area (Å²) in [6.07, 6.45) is 10.7. The molecule has 0 aromatic carbocycles. The van der Waals surface area contributed by atoms with Crippen molar-refractivity contribution >= 4 is 0 Å². The van der Waals surface area contributed by atoms with Crippen LogP contribution in [0.3, 0.4) is 0 Å². The molecule has 0 amide bonds. The fourth-order valence-corrected chi connectivity index (χ4v) is 3.08. The zero-order valence-electron chi connectivity index (χ0n) is 9.79. The minimum atomic E-state index is 0.482. The van der Waals surface area contributed by atoms with Gasteiger partial charge < -0.3 is 10.5 Å². The van der Waals surface area contributed by atoms with E-state index in [4.69, 9.17) is 10.5 Å². The second-order valence-electron chi connectivity index (χ2n) is 5.34. The van der Waals surface area contributed by atoms with E-state index in [1.54, 1.807) is 0 Å². The molecule has 2 aliphatic rings. The van der Waals surface area contributed by atoms with Crippen LogP contribution in [0.1, 0.15) is 51.4 Å². The quantitative estimate of drug-likeness (QED) is 0.776. The summed E-state index contributed by atoms with van der Waals surface area (Å²) in [5.41, 5.74) is 6.26. The van der Waals surface area contributed by atoms with Crippen LogP contribution in [0.5, 0.6) is 0 Å². The maximum atomic E-state index is 6.26. The van der Waals surface area contributed by atoms with E-state index in [9.17, 15) is 0 Å². The maximum absolute atomic E-state index is 6.26. The Morgan fingerprint density at radius 2 is 1.73 bits per heavy atom. The second kappa shape index (κ2) is 5.86. The third-order valence-corrected chi connectivity index (χ3v) is 4.25. The van der Waals surface area contributed by atoms with Crippen LogP contribution in [-0.2, 0) is 4.74 Å². The molecule has 88 valence electrons. The van der Waals surface area contributed by atoms with Crippen LogP contribution < -0.4 is 5.73 Å². The molecule has 0 radical (unpaired) electrons. The van der Waals surface area contributed by atoms with Gasteiger partial charge in [-0.2, -0.15) is 0 Å². The molecule has 1 unspecified atom stereocenters. The molecule has 2 N–H and O–H groups in total. The predicted molar refractivity (Wildman–Crippen MR) is 62.7 cm³/mol. The topological polar surface area (TPSA) is 35.2 Å². The van der Waals surface area contributed by atoms with Crippen molar-refractivity contribution in [3.05, 3.63) is 0 Å². The Labute approximate surface area is 93.6 Å². The van der Waals surface area contributed by atoms with Crippen molar-refractivity contribution in [3.8, 4) is 0 Å². The Morgan fingerprint density at radius 1 is 1.07 bits per heavy atom. The normalized spacial score (nSPS) is 27.0. The minimum Gasteiger partial charge on any atom is -0.381 e. The van der Waals surface area contributed by atoms with E-state index in [1.807, 2.05) is 0 Å². The van der Waals surface area contributed by atoms with Gasteiger partial charge in [0, 0.05) is 19.3 Å². The van der Waals surface area contributed by atoms with Gasteiger partial charge in [0.05, 0.1) is 0 Å². The van der Waals surface area contributed by atoms with Gasteiger partial charge in [-0.15, -0.1) is 0 Å². The van der Waals surface area contributed by atoms with Gasteiger partial charge in [0.1, 0.15) is 0 Å². The molecule has 1 aliphatic carbocycles. The number of ether oxygens (including phenoxy) is 1. The van der Waals surface area contributed by atoms with Gasteiger partial charge in [0.2, 0.25) is 0 Å². The summed E-state index contributed by atoms with van der Waals surface area (Å²) in [5, 5.41) is 0. The number of rotatable bonds is 4. The number of nitrogens with two attached hydrogens (primary N) is 1. The summed E-state index contributed by atoms with van der Waals surface area (Å²) in [6.45, 7) is 1.95.